The highest BCUT2D eigenvalue weighted by Gasteiger charge is 2.38. The lowest BCUT2D eigenvalue weighted by atomic mass is 10.5. The number of aromatic nitrogens is 4. The third-order valence-electron chi connectivity index (χ3n) is 2.40. The van der Waals surface area contributed by atoms with Crippen LogP contribution in [0.25, 0.3) is 11.2 Å². The van der Waals surface area contributed by atoms with Crippen molar-refractivity contribution >= 4 is 29.4 Å². The van der Waals surface area contributed by atoms with E-state index in [1.807, 2.05) is 7.05 Å². The Morgan fingerprint density at radius 2 is 2.14 bits per heavy atom. The minimum atomic E-state index is -5.08. The second-order valence-corrected chi connectivity index (χ2v) is 4.31. The third kappa shape index (κ3) is 4.39. The quantitative estimate of drug-likeness (QED) is 0.610. The summed E-state index contributed by atoms with van der Waals surface area (Å²) in [5.41, 5.74) is 0.826. The molecule has 0 fully saturated rings. The minimum absolute atomic E-state index is 0.229. The van der Waals surface area contributed by atoms with Crippen molar-refractivity contribution in [2.24, 2.45) is 0 Å². The fourth-order valence-corrected chi connectivity index (χ4v) is 1.68. The van der Waals surface area contributed by atoms with Crippen molar-refractivity contribution in [1.29, 1.82) is 0 Å². The number of carboxylic acid groups (broad SMARTS) is 1. The summed E-state index contributed by atoms with van der Waals surface area (Å²) in [6, 6.07) is 0. The first kappa shape index (κ1) is 17.8. The van der Waals surface area contributed by atoms with Crippen molar-refractivity contribution in [2.45, 2.75) is 12.7 Å². The summed E-state index contributed by atoms with van der Waals surface area (Å²) in [6.45, 7) is 1.44. The predicted molar refractivity (Wildman–Crippen MR) is 73.2 cm³/mol. The van der Waals surface area contributed by atoms with Crippen LogP contribution in [0.3, 0.4) is 0 Å². The Bertz CT molecular complexity index is 763. The normalized spacial score (nSPS) is 11.1. The highest BCUT2D eigenvalue weighted by Crippen LogP contribution is 2.13. The third-order valence-corrected chi connectivity index (χ3v) is 2.72. The van der Waals surface area contributed by atoms with Gasteiger partial charge in [-0.05, 0) is 19.3 Å². The Morgan fingerprint density at radius 3 is 2.64 bits per heavy atom. The van der Waals surface area contributed by atoms with E-state index in [4.69, 9.17) is 22.1 Å². The van der Waals surface area contributed by atoms with Crippen molar-refractivity contribution in [3.63, 3.8) is 0 Å². The van der Waals surface area contributed by atoms with E-state index in [1.54, 1.807) is 4.57 Å². The number of aromatic amines is 2. The van der Waals surface area contributed by atoms with Crippen LogP contribution < -0.4 is 10.9 Å². The van der Waals surface area contributed by atoms with Gasteiger partial charge in [0.15, 0.2) is 10.4 Å². The number of H-pyrrole nitrogens is 2. The van der Waals surface area contributed by atoms with Crippen LogP contribution in [0.4, 0.5) is 13.2 Å². The van der Waals surface area contributed by atoms with Crippen LogP contribution in [0.5, 0.6) is 0 Å². The lowest BCUT2D eigenvalue weighted by Crippen LogP contribution is -2.21. The topological polar surface area (TPSA) is 116 Å². The Hall–Kier alpha value is -2.21. The number of carboxylic acids is 1. The minimum Gasteiger partial charge on any atom is -0.475 e. The molecule has 0 saturated heterocycles. The van der Waals surface area contributed by atoms with Crippen molar-refractivity contribution < 1.29 is 23.1 Å². The molecule has 0 bridgehead atoms. The van der Waals surface area contributed by atoms with Crippen LogP contribution in [-0.2, 0) is 11.3 Å². The van der Waals surface area contributed by atoms with Crippen molar-refractivity contribution in [3.05, 3.63) is 21.5 Å². The number of hydrogen-bond acceptors (Lipinski definition) is 5. The molecule has 4 N–H and O–H groups in total. The summed E-state index contributed by atoms with van der Waals surface area (Å²) in [4.78, 5) is 29.8. The van der Waals surface area contributed by atoms with Gasteiger partial charge in [0.1, 0.15) is 5.52 Å². The number of hydrogen-bond donors (Lipinski definition) is 4. The summed E-state index contributed by atoms with van der Waals surface area (Å²) in [5.74, 6) is -2.76. The lowest BCUT2D eigenvalue weighted by Gasteiger charge is -2.06. The van der Waals surface area contributed by atoms with Crippen LogP contribution in [0.1, 0.15) is 0 Å². The van der Waals surface area contributed by atoms with E-state index in [2.05, 4.69) is 20.3 Å². The number of rotatable bonds is 3. The fourth-order valence-electron chi connectivity index (χ4n) is 1.41. The predicted octanol–water partition coefficient (Wildman–Crippen LogP) is 0.635. The monoisotopic (exact) mass is 339 g/mol. The first-order chi connectivity index (χ1) is 10.2. The van der Waals surface area contributed by atoms with Crippen molar-refractivity contribution in [2.75, 3.05) is 13.6 Å². The molecule has 2 aromatic rings. The molecule has 0 saturated carbocycles. The molecule has 0 atom stereocenters. The zero-order valence-electron chi connectivity index (χ0n) is 11.2. The standard InChI is InChI=1S/C8H11N5OS.C2HF3O2/c1-9-2-3-13-6-5(10-4-11-6)7(14)12-8(13)15;3-2(4,5)1(6)7/h4,9H,2-3H2,1H3,(H,10,11)(H,12,14,15);(H,6,7). The maximum absolute atomic E-state index is 11.5. The molecular formula is C10H12F3N5O3S. The van der Waals surface area contributed by atoms with Gasteiger partial charge in [-0.25, -0.2) is 9.78 Å². The van der Waals surface area contributed by atoms with Gasteiger partial charge in [0, 0.05) is 13.1 Å². The molecule has 22 heavy (non-hydrogen) atoms. The molecule has 0 aromatic carbocycles. The van der Waals surface area contributed by atoms with Crippen LogP contribution >= 0.6 is 12.2 Å². The van der Waals surface area contributed by atoms with Crippen LogP contribution in [0.2, 0.25) is 0 Å². The number of alkyl halides is 3. The molecule has 0 aliphatic heterocycles. The van der Waals surface area contributed by atoms with Gasteiger partial charge in [-0.2, -0.15) is 13.2 Å². The average molecular weight is 339 g/mol. The Labute approximate surface area is 126 Å². The number of likely N-dealkylation sites (N-methyl/N-ethyl adjacent to an activating group) is 1. The Kier molecular flexibility index (Phi) is 5.82. The molecule has 0 aliphatic carbocycles. The Morgan fingerprint density at radius 1 is 1.55 bits per heavy atom. The SMILES string of the molecule is CNCCn1c(=S)[nH]c(=O)c2[nH]cnc21.O=C(O)C(F)(F)F. The smallest absolute Gasteiger partial charge is 0.475 e. The van der Waals surface area contributed by atoms with E-state index in [9.17, 15) is 18.0 Å². The van der Waals surface area contributed by atoms with Crippen LogP contribution in [-0.4, -0.2) is 50.4 Å². The summed E-state index contributed by atoms with van der Waals surface area (Å²) in [7, 11) is 1.86. The number of nitrogens with zero attached hydrogens (tertiary/aromatic N) is 2. The van der Waals surface area contributed by atoms with Gasteiger partial charge in [0.25, 0.3) is 5.56 Å². The van der Waals surface area contributed by atoms with E-state index >= 15 is 0 Å². The summed E-state index contributed by atoms with van der Waals surface area (Å²) in [5, 5.41) is 10.1. The molecule has 0 spiro atoms. The van der Waals surface area contributed by atoms with Crippen LogP contribution in [0, 0.1) is 4.77 Å². The van der Waals surface area contributed by atoms with E-state index in [0.717, 1.165) is 6.54 Å². The molecule has 0 amide bonds. The number of halogens is 3. The van der Waals surface area contributed by atoms with E-state index < -0.39 is 12.1 Å². The van der Waals surface area contributed by atoms with Gasteiger partial charge >= 0.3 is 12.1 Å². The molecular weight excluding hydrogens is 327 g/mol. The van der Waals surface area contributed by atoms with Crippen LogP contribution in [0.15, 0.2) is 11.1 Å². The maximum atomic E-state index is 11.5. The zero-order chi connectivity index (χ0) is 16.9. The number of carbonyl (C=O) groups is 1. The molecule has 0 aliphatic rings. The first-order valence-corrected chi connectivity index (χ1v) is 6.20. The summed E-state index contributed by atoms with van der Waals surface area (Å²) < 4.78 is 33.9. The average Bonchev–Trinajstić information content (AvgIpc) is 2.87. The largest absolute Gasteiger partial charge is 0.490 e. The van der Waals surface area contributed by atoms with Gasteiger partial charge in [-0.1, -0.05) is 0 Å². The summed E-state index contributed by atoms with van der Waals surface area (Å²) >= 11 is 5.07. The molecule has 2 heterocycles. The highest BCUT2D eigenvalue weighted by molar-refractivity contribution is 7.71. The number of imidazole rings is 1. The molecule has 122 valence electrons. The number of nitrogens with one attached hydrogen (secondary N) is 3. The van der Waals surface area contributed by atoms with E-state index in [-0.39, 0.29) is 5.56 Å². The van der Waals surface area contributed by atoms with Crippen molar-refractivity contribution in [3.8, 4) is 0 Å². The Balaban J connectivity index is 0.000000295. The second-order valence-electron chi connectivity index (χ2n) is 3.92. The molecule has 0 radical (unpaired) electrons. The van der Waals surface area contributed by atoms with Crippen molar-refractivity contribution in [1.82, 2.24) is 24.8 Å². The van der Waals surface area contributed by atoms with E-state index in [0.29, 0.717) is 22.5 Å². The maximum Gasteiger partial charge on any atom is 0.490 e. The number of aliphatic carboxylic acids is 1. The fraction of sp³-hybridized carbons (Fsp3) is 0.400. The molecule has 0 unspecified atom stereocenters. The second kappa shape index (κ2) is 7.17. The van der Waals surface area contributed by atoms with Gasteiger partial charge in [-0.15, -0.1) is 0 Å². The van der Waals surface area contributed by atoms with Gasteiger partial charge in [0.05, 0.1) is 6.33 Å². The van der Waals surface area contributed by atoms with Gasteiger partial charge in [0.2, 0.25) is 0 Å². The molecule has 8 nitrogen and oxygen atoms in total. The number of fused-ring (bicyclic) bond motifs is 1. The summed E-state index contributed by atoms with van der Waals surface area (Å²) in [6.07, 6.45) is -3.59. The molecule has 2 rings (SSSR count). The first-order valence-electron chi connectivity index (χ1n) is 5.79. The zero-order valence-corrected chi connectivity index (χ0v) is 12.0. The van der Waals surface area contributed by atoms with Gasteiger partial charge in [-0.3, -0.25) is 14.3 Å². The lowest BCUT2D eigenvalue weighted by molar-refractivity contribution is -0.192. The molecule has 12 heteroatoms. The van der Waals surface area contributed by atoms with Gasteiger partial charge < -0.3 is 15.4 Å². The molecule has 2 aromatic heterocycles. The highest BCUT2D eigenvalue weighted by atomic mass is 32.1. The van der Waals surface area contributed by atoms with E-state index in [1.165, 1.54) is 6.33 Å².